The molecule has 160 valence electrons. The number of hydrogen-bond acceptors (Lipinski definition) is 5. The van der Waals surface area contributed by atoms with E-state index in [2.05, 4.69) is 20.2 Å². The Kier molecular flexibility index (Phi) is 6.45. The molecule has 1 saturated carbocycles. The standard InChI is InChI=1S/C23H30FN5O/c1-28(19-8-3-2-4-9-19)21-11-10-18(15-20(21)24)27-22(30)17-7-5-14-29(16-17)23-25-12-6-13-26-23/h6,10-13,15,17,19H,2-5,7-9,14,16H2,1H3,(H,27,30). The Balaban J connectivity index is 1.39. The van der Waals surface area contributed by atoms with Crippen molar-refractivity contribution in [1.82, 2.24) is 9.97 Å². The summed E-state index contributed by atoms with van der Waals surface area (Å²) in [7, 11) is 1.97. The van der Waals surface area contributed by atoms with Crippen molar-refractivity contribution in [2.45, 2.75) is 51.0 Å². The number of carbonyl (C=O) groups is 1. The largest absolute Gasteiger partial charge is 0.369 e. The summed E-state index contributed by atoms with van der Waals surface area (Å²) in [6.07, 6.45) is 11.0. The Morgan fingerprint density at radius 2 is 1.90 bits per heavy atom. The minimum atomic E-state index is -0.288. The van der Waals surface area contributed by atoms with Gasteiger partial charge in [-0.15, -0.1) is 0 Å². The molecule has 6 nitrogen and oxygen atoms in total. The predicted molar refractivity (Wildman–Crippen MR) is 117 cm³/mol. The molecule has 30 heavy (non-hydrogen) atoms. The molecule has 2 fully saturated rings. The van der Waals surface area contributed by atoms with Crippen molar-refractivity contribution < 1.29 is 9.18 Å². The smallest absolute Gasteiger partial charge is 0.229 e. The molecular weight excluding hydrogens is 381 g/mol. The third-order valence-corrected chi connectivity index (χ3v) is 6.34. The normalized spacial score (nSPS) is 20.1. The lowest BCUT2D eigenvalue weighted by atomic mass is 9.94. The van der Waals surface area contributed by atoms with Gasteiger partial charge in [0.25, 0.3) is 0 Å². The quantitative estimate of drug-likeness (QED) is 0.797. The molecule has 0 spiro atoms. The second-order valence-corrected chi connectivity index (χ2v) is 8.39. The van der Waals surface area contributed by atoms with Crippen LogP contribution in [0.5, 0.6) is 0 Å². The van der Waals surface area contributed by atoms with Gasteiger partial charge in [-0.2, -0.15) is 0 Å². The van der Waals surface area contributed by atoms with Gasteiger partial charge >= 0.3 is 0 Å². The Bertz CT molecular complexity index is 856. The van der Waals surface area contributed by atoms with Crippen LogP contribution >= 0.6 is 0 Å². The first-order chi connectivity index (χ1) is 14.6. The van der Waals surface area contributed by atoms with Crippen molar-refractivity contribution in [3.8, 4) is 0 Å². The van der Waals surface area contributed by atoms with Gasteiger partial charge in [-0.25, -0.2) is 14.4 Å². The molecule has 1 aromatic carbocycles. The molecule has 1 amide bonds. The van der Waals surface area contributed by atoms with Crippen molar-refractivity contribution in [3.05, 3.63) is 42.5 Å². The van der Waals surface area contributed by atoms with Crippen LogP contribution in [0.1, 0.15) is 44.9 Å². The summed E-state index contributed by atoms with van der Waals surface area (Å²) < 4.78 is 14.8. The average molecular weight is 412 g/mol. The van der Waals surface area contributed by atoms with E-state index in [0.717, 1.165) is 32.2 Å². The highest BCUT2D eigenvalue weighted by Gasteiger charge is 2.27. The second-order valence-electron chi connectivity index (χ2n) is 8.39. The fourth-order valence-corrected chi connectivity index (χ4v) is 4.61. The van der Waals surface area contributed by atoms with E-state index in [1.165, 1.54) is 25.3 Å². The minimum Gasteiger partial charge on any atom is -0.369 e. The van der Waals surface area contributed by atoms with Crippen LogP contribution in [0.3, 0.4) is 0 Å². The first-order valence-electron chi connectivity index (χ1n) is 11.0. The molecule has 2 aliphatic rings. The highest BCUT2D eigenvalue weighted by atomic mass is 19.1. The summed E-state index contributed by atoms with van der Waals surface area (Å²) in [5.74, 6) is 0.110. The zero-order chi connectivity index (χ0) is 20.9. The van der Waals surface area contributed by atoms with Gasteiger partial charge in [-0.3, -0.25) is 4.79 Å². The maximum absolute atomic E-state index is 14.8. The zero-order valence-electron chi connectivity index (χ0n) is 17.6. The lowest BCUT2D eigenvalue weighted by Gasteiger charge is -2.33. The number of nitrogens with zero attached hydrogens (tertiary/aromatic N) is 4. The molecule has 0 bridgehead atoms. The fraction of sp³-hybridized carbons (Fsp3) is 0.522. The number of piperidine rings is 1. The Morgan fingerprint density at radius 1 is 1.13 bits per heavy atom. The third-order valence-electron chi connectivity index (χ3n) is 6.34. The van der Waals surface area contributed by atoms with E-state index in [-0.39, 0.29) is 17.6 Å². The van der Waals surface area contributed by atoms with E-state index in [4.69, 9.17) is 0 Å². The molecule has 1 aliphatic heterocycles. The number of amides is 1. The molecular formula is C23H30FN5O. The molecule has 1 N–H and O–H groups in total. The average Bonchev–Trinajstić information content (AvgIpc) is 2.80. The zero-order valence-corrected chi connectivity index (χ0v) is 17.6. The number of anilines is 3. The van der Waals surface area contributed by atoms with E-state index in [9.17, 15) is 9.18 Å². The first-order valence-corrected chi connectivity index (χ1v) is 11.0. The summed E-state index contributed by atoms with van der Waals surface area (Å²) >= 11 is 0. The second kappa shape index (κ2) is 9.41. The molecule has 1 saturated heterocycles. The number of halogens is 1. The SMILES string of the molecule is CN(c1ccc(NC(=O)C2CCCN(c3ncccn3)C2)cc1F)C1CCCCC1. The van der Waals surface area contributed by atoms with Crippen molar-refractivity contribution in [2.24, 2.45) is 5.92 Å². The van der Waals surface area contributed by atoms with Crippen LogP contribution in [-0.4, -0.2) is 42.1 Å². The highest BCUT2D eigenvalue weighted by Crippen LogP contribution is 2.29. The molecule has 2 aromatic rings. The molecule has 1 unspecified atom stereocenters. The van der Waals surface area contributed by atoms with Crippen molar-refractivity contribution >= 4 is 23.2 Å². The van der Waals surface area contributed by atoms with Crippen LogP contribution in [0.15, 0.2) is 36.7 Å². The summed E-state index contributed by atoms with van der Waals surface area (Å²) in [6.45, 7) is 1.41. The lowest BCUT2D eigenvalue weighted by molar-refractivity contribution is -0.120. The van der Waals surface area contributed by atoms with Gasteiger partial charge in [0.15, 0.2) is 0 Å². The topological polar surface area (TPSA) is 61.4 Å². The van der Waals surface area contributed by atoms with Gasteiger partial charge in [0.2, 0.25) is 11.9 Å². The Morgan fingerprint density at radius 3 is 2.63 bits per heavy atom. The van der Waals surface area contributed by atoms with Gasteiger partial charge in [0, 0.05) is 44.3 Å². The van der Waals surface area contributed by atoms with E-state index >= 15 is 0 Å². The molecule has 0 radical (unpaired) electrons. The van der Waals surface area contributed by atoms with E-state index in [1.807, 2.05) is 11.9 Å². The number of aromatic nitrogens is 2. The van der Waals surface area contributed by atoms with Gasteiger partial charge in [-0.1, -0.05) is 19.3 Å². The maximum Gasteiger partial charge on any atom is 0.229 e. The van der Waals surface area contributed by atoms with Gasteiger partial charge in [0.05, 0.1) is 11.6 Å². The lowest BCUT2D eigenvalue weighted by Crippen LogP contribution is -2.41. The number of hydrogen-bond donors (Lipinski definition) is 1. The van der Waals surface area contributed by atoms with Gasteiger partial charge in [0.1, 0.15) is 5.82 Å². The summed E-state index contributed by atoms with van der Waals surface area (Å²) in [6, 6.07) is 7.19. The van der Waals surface area contributed by atoms with Crippen LogP contribution in [0.25, 0.3) is 0 Å². The van der Waals surface area contributed by atoms with Crippen LogP contribution in [-0.2, 0) is 4.79 Å². The summed E-state index contributed by atoms with van der Waals surface area (Å²) in [4.78, 5) is 25.5. The van der Waals surface area contributed by atoms with Crippen LogP contribution in [0.4, 0.5) is 21.7 Å². The van der Waals surface area contributed by atoms with Crippen LogP contribution in [0, 0.1) is 11.7 Å². The molecule has 7 heteroatoms. The van der Waals surface area contributed by atoms with Gasteiger partial charge in [-0.05, 0) is 49.9 Å². The van der Waals surface area contributed by atoms with E-state index in [1.54, 1.807) is 30.6 Å². The number of carbonyl (C=O) groups excluding carboxylic acids is 1. The van der Waals surface area contributed by atoms with Crippen molar-refractivity contribution in [3.63, 3.8) is 0 Å². The highest BCUT2D eigenvalue weighted by molar-refractivity contribution is 5.93. The monoisotopic (exact) mass is 411 g/mol. The third kappa shape index (κ3) is 4.71. The summed E-state index contributed by atoms with van der Waals surface area (Å²) in [5.41, 5.74) is 1.11. The first kappa shape index (κ1) is 20.6. The molecule has 1 aromatic heterocycles. The number of benzene rings is 1. The van der Waals surface area contributed by atoms with E-state index < -0.39 is 0 Å². The predicted octanol–water partition coefficient (Wildman–Crippen LogP) is 4.24. The summed E-state index contributed by atoms with van der Waals surface area (Å²) in [5, 5.41) is 2.91. The number of nitrogens with one attached hydrogen (secondary N) is 1. The van der Waals surface area contributed by atoms with Crippen LogP contribution < -0.4 is 15.1 Å². The van der Waals surface area contributed by atoms with Crippen molar-refractivity contribution in [1.29, 1.82) is 0 Å². The number of rotatable bonds is 5. The fourth-order valence-electron chi connectivity index (χ4n) is 4.61. The Hall–Kier alpha value is -2.70. The molecule has 1 atom stereocenters. The van der Waals surface area contributed by atoms with E-state index in [0.29, 0.717) is 29.9 Å². The Labute approximate surface area is 177 Å². The van der Waals surface area contributed by atoms with Crippen LogP contribution in [0.2, 0.25) is 0 Å². The van der Waals surface area contributed by atoms with Gasteiger partial charge < -0.3 is 15.1 Å². The van der Waals surface area contributed by atoms with Crippen molar-refractivity contribution in [2.75, 3.05) is 35.3 Å². The molecule has 4 rings (SSSR count). The maximum atomic E-state index is 14.8. The molecule has 2 heterocycles. The minimum absolute atomic E-state index is 0.0802. The molecule has 1 aliphatic carbocycles.